The fourth-order valence-corrected chi connectivity index (χ4v) is 4.59. The van der Waals surface area contributed by atoms with Crippen LogP contribution in [0.15, 0.2) is 12.1 Å². The number of fused-ring (bicyclic) bond motifs is 1. The second-order valence-electron chi connectivity index (χ2n) is 9.58. The molecule has 0 saturated carbocycles. The van der Waals surface area contributed by atoms with Crippen LogP contribution in [0.4, 0.5) is 4.79 Å². The lowest BCUT2D eigenvalue weighted by atomic mass is 9.87. The Morgan fingerprint density at radius 3 is 2.73 bits per heavy atom. The standard InChI is InChI=1S/C23H33N3O4/c1-15-12-18-19(26(24-21(18)27)20-9-5-6-11-29-20)13-17(15)16-8-7-10-25(14-16)22(28)30-23(2,3)4/h12-13,16,20H,5-11,14H2,1-4H3,(H,24,27). The molecule has 4 rings (SSSR count). The largest absolute Gasteiger partial charge is 0.492 e. The molecule has 0 radical (unpaired) electrons. The first-order chi connectivity index (χ1) is 14.2. The van der Waals surface area contributed by atoms with Gasteiger partial charge < -0.3 is 19.5 Å². The van der Waals surface area contributed by atoms with Gasteiger partial charge in [0.1, 0.15) is 5.60 Å². The van der Waals surface area contributed by atoms with Crippen molar-refractivity contribution in [2.75, 3.05) is 19.7 Å². The van der Waals surface area contributed by atoms with Crippen LogP contribution in [0.5, 0.6) is 5.88 Å². The normalized spacial score (nSPS) is 23.0. The molecule has 30 heavy (non-hydrogen) atoms. The number of aryl methyl sites for hydroxylation is 1. The molecule has 2 aromatic rings. The van der Waals surface area contributed by atoms with Gasteiger partial charge in [0.25, 0.3) is 0 Å². The number of rotatable bonds is 2. The maximum absolute atomic E-state index is 12.6. The molecule has 1 aromatic heterocycles. The Morgan fingerprint density at radius 1 is 1.23 bits per heavy atom. The summed E-state index contributed by atoms with van der Waals surface area (Å²) in [6.07, 6.45) is 4.64. The first-order valence-electron chi connectivity index (χ1n) is 11.0. The van der Waals surface area contributed by atoms with Crippen LogP contribution in [0.1, 0.15) is 76.1 Å². The number of nitrogens with zero attached hydrogens (tertiary/aromatic N) is 3. The first-order valence-corrected chi connectivity index (χ1v) is 11.0. The monoisotopic (exact) mass is 415 g/mol. The van der Waals surface area contributed by atoms with E-state index in [2.05, 4.69) is 18.1 Å². The Kier molecular flexibility index (Phi) is 5.66. The average molecular weight is 416 g/mol. The number of carbonyl (C=O) groups is 1. The minimum absolute atomic E-state index is 0.0489. The van der Waals surface area contributed by atoms with Gasteiger partial charge in [0.05, 0.1) is 10.9 Å². The summed E-state index contributed by atoms with van der Waals surface area (Å²) in [6, 6.07) is 4.15. The number of hydrogen-bond donors (Lipinski definition) is 1. The van der Waals surface area contributed by atoms with Gasteiger partial charge in [0.2, 0.25) is 5.88 Å². The summed E-state index contributed by atoms with van der Waals surface area (Å²) in [6.45, 7) is 9.83. The van der Waals surface area contributed by atoms with Gasteiger partial charge in [-0.3, -0.25) is 0 Å². The van der Waals surface area contributed by atoms with Crippen molar-refractivity contribution in [3.05, 3.63) is 23.3 Å². The molecule has 2 aliphatic heterocycles. The lowest BCUT2D eigenvalue weighted by Gasteiger charge is -2.35. The van der Waals surface area contributed by atoms with Crippen molar-refractivity contribution in [2.45, 2.75) is 77.5 Å². The van der Waals surface area contributed by atoms with Crippen LogP contribution >= 0.6 is 0 Å². The van der Waals surface area contributed by atoms with Crippen LogP contribution in [0.25, 0.3) is 10.9 Å². The van der Waals surface area contributed by atoms with Crippen molar-refractivity contribution < 1.29 is 19.4 Å². The molecule has 0 spiro atoms. The fraction of sp³-hybridized carbons (Fsp3) is 0.652. The summed E-state index contributed by atoms with van der Waals surface area (Å²) in [7, 11) is 0. The molecular weight excluding hydrogens is 382 g/mol. The molecule has 2 unspecified atom stereocenters. The van der Waals surface area contributed by atoms with Crippen molar-refractivity contribution in [3.8, 4) is 5.88 Å². The fourth-order valence-electron chi connectivity index (χ4n) is 4.59. The highest BCUT2D eigenvalue weighted by atomic mass is 16.6. The zero-order chi connectivity index (χ0) is 21.5. The molecule has 1 aromatic carbocycles. The molecule has 3 heterocycles. The number of aromatic hydroxyl groups is 1. The maximum atomic E-state index is 12.6. The van der Waals surface area contributed by atoms with E-state index in [0.717, 1.165) is 61.7 Å². The molecule has 164 valence electrons. The van der Waals surface area contributed by atoms with E-state index < -0.39 is 5.60 Å². The van der Waals surface area contributed by atoms with Crippen LogP contribution in [0, 0.1) is 6.92 Å². The number of amides is 1. The van der Waals surface area contributed by atoms with E-state index in [1.54, 1.807) is 0 Å². The van der Waals surface area contributed by atoms with Crippen molar-refractivity contribution in [1.29, 1.82) is 0 Å². The van der Waals surface area contributed by atoms with Gasteiger partial charge in [-0.05, 0) is 83.1 Å². The third kappa shape index (κ3) is 4.26. The molecule has 2 fully saturated rings. The second kappa shape index (κ2) is 8.10. The maximum Gasteiger partial charge on any atom is 0.410 e. The summed E-state index contributed by atoms with van der Waals surface area (Å²) in [4.78, 5) is 14.4. The lowest BCUT2D eigenvalue weighted by molar-refractivity contribution is -0.0371. The Hall–Kier alpha value is -2.28. The smallest absolute Gasteiger partial charge is 0.410 e. The number of ether oxygens (including phenoxy) is 2. The highest BCUT2D eigenvalue weighted by molar-refractivity contribution is 5.86. The lowest BCUT2D eigenvalue weighted by Crippen LogP contribution is -2.42. The van der Waals surface area contributed by atoms with E-state index in [9.17, 15) is 9.90 Å². The quantitative estimate of drug-likeness (QED) is 0.758. The minimum Gasteiger partial charge on any atom is -0.492 e. The van der Waals surface area contributed by atoms with Crippen LogP contribution < -0.4 is 0 Å². The van der Waals surface area contributed by atoms with E-state index in [0.29, 0.717) is 6.54 Å². The van der Waals surface area contributed by atoms with E-state index in [4.69, 9.17) is 9.47 Å². The van der Waals surface area contributed by atoms with E-state index >= 15 is 0 Å². The van der Waals surface area contributed by atoms with Crippen LogP contribution in [0.2, 0.25) is 0 Å². The van der Waals surface area contributed by atoms with Crippen molar-refractivity contribution in [2.24, 2.45) is 0 Å². The first kappa shape index (κ1) is 21.0. The molecule has 7 heteroatoms. The van der Waals surface area contributed by atoms with Gasteiger partial charge in [-0.25, -0.2) is 9.48 Å². The molecule has 2 aliphatic rings. The molecule has 0 aliphatic carbocycles. The minimum atomic E-state index is -0.497. The summed E-state index contributed by atoms with van der Waals surface area (Å²) >= 11 is 0. The second-order valence-corrected chi connectivity index (χ2v) is 9.58. The van der Waals surface area contributed by atoms with Gasteiger partial charge in [-0.15, -0.1) is 5.10 Å². The summed E-state index contributed by atoms with van der Waals surface area (Å²) in [5, 5.41) is 15.6. The molecule has 7 nitrogen and oxygen atoms in total. The number of carbonyl (C=O) groups excluding carboxylic acids is 1. The zero-order valence-electron chi connectivity index (χ0n) is 18.5. The Bertz CT molecular complexity index is 925. The predicted octanol–water partition coefficient (Wildman–Crippen LogP) is 4.86. The number of likely N-dealkylation sites (tertiary alicyclic amines) is 1. The van der Waals surface area contributed by atoms with Gasteiger partial charge in [0, 0.05) is 25.6 Å². The van der Waals surface area contributed by atoms with Crippen LogP contribution in [-0.4, -0.2) is 51.2 Å². The summed E-state index contributed by atoms with van der Waals surface area (Å²) in [5.41, 5.74) is 2.71. The van der Waals surface area contributed by atoms with Gasteiger partial charge in [-0.1, -0.05) is 0 Å². The molecule has 2 saturated heterocycles. The highest BCUT2D eigenvalue weighted by Gasteiger charge is 2.30. The van der Waals surface area contributed by atoms with Crippen molar-refractivity contribution in [3.63, 3.8) is 0 Å². The Balaban J connectivity index is 1.63. The number of benzene rings is 1. The topological polar surface area (TPSA) is 76.8 Å². The molecule has 0 bridgehead atoms. The van der Waals surface area contributed by atoms with Crippen molar-refractivity contribution in [1.82, 2.24) is 14.7 Å². The molecule has 2 atom stereocenters. The van der Waals surface area contributed by atoms with Crippen LogP contribution in [0.3, 0.4) is 0 Å². The number of hydrogen-bond acceptors (Lipinski definition) is 5. The van der Waals surface area contributed by atoms with Gasteiger partial charge in [-0.2, -0.15) is 0 Å². The zero-order valence-corrected chi connectivity index (χ0v) is 18.5. The third-order valence-corrected chi connectivity index (χ3v) is 6.02. The van der Waals surface area contributed by atoms with Gasteiger partial charge in [0.15, 0.2) is 6.23 Å². The third-order valence-electron chi connectivity index (χ3n) is 6.02. The predicted molar refractivity (Wildman–Crippen MR) is 115 cm³/mol. The summed E-state index contributed by atoms with van der Waals surface area (Å²) in [5.74, 6) is 0.279. The number of piperidine rings is 1. The van der Waals surface area contributed by atoms with E-state index in [-0.39, 0.29) is 24.1 Å². The SMILES string of the molecule is Cc1cc2c(O)nn(C3CCCCO3)c2cc1C1CCCN(C(=O)OC(C)(C)C)C1. The van der Waals surface area contributed by atoms with Crippen molar-refractivity contribution >= 4 is 17.0 Å². The Morgan fingerprint density at radius 2 is 2.03 bits per heavy atom. The highest BCUT2D eigenvalue weighted by Crippen LogP contribution is 2.37. The van der Waals surface area contributed by atoms with Crippen LogP contribution in [-0.2, 0) is 9.47 Å². The average Bonchev–Trinajstić information content (AvgIpc) is 3.02. The molecule has 1 amide bonds. The van der Waals surface area contributed by atoms with E-state index in [1.807, 2.05) is 36.4 Å². The summed E-state index contributed by atoms with van der Waals surface area (Å²) < 4.78 is 13.3. The molecule has 1 N–H and O–H groups in total. The number of aromatic nitrogens is 2. The van der Waals surface area contributed by atoms with E-state index in [1.165, 1.54) is 5.56 Å². The molecular formula is C23H33N3O4. The van der Waals surface area contributed by atoms with Gasteiger partial charge >= 0.3 is 6.09 Å². The Labute approximate surface area is 177 Å².